The summed E-state index contributed by atoms with van der Waals surface area (Å²) in [5, 5.41) is 3.17. The number of nitrogens with one attached hydrogen (secondary N) is 1. The van der Waals surface area contributed by atoms with Crippen LogP contribution < -0.4 is 11.1 Å². The van der Waals surface area contributed by atoms with Crippen molar-refractivity contribution in [2.45, 2.75) is 19.4 Å². The molecule has 0 spiro atoms. The number of carbonyl (C=O) groups is 2. The highest BCUT2D eigenvalue weighted by Crippen LogP contribution is 2.10. The molecule has 1 aliphatic heterocycles. The fourth-order valence-corrected chi connectivity index (χ4v) is 1.78. The average molecular weight is 228 g/mol. The number of primary amides is 1. The van der Waals surface area contributed by atoms with E-state index in [-0.39, 0.29) is 18.6 Å². The van der Waals surface area contributed by atoms with Gasteiger partial charge >= 0.3 is 6.03 Å². The molecule has 0 aromatic carbocycles. The van der Waals surface area contributed by atoms with Crippen LogP contribution in [0, 0.1) is 0 Å². The van der Waals surface area contributed by atoms with Crippen LogP contribution in [-0.4, -0.2) is 61.0 Å². The zero-order valence-electron chi connectivity index (χ0n) is 9.90. The van der Waals surface area contributed by atoms with Gasteiger partial charge in [0.25, 0.3) is 0 Å². The summed E-state index contributed by atoms with van der Waals surface area (Å²) in [5.74, 6) is -0.468. The van der Waals surface area contributed by atoms with Gasteiger partial charge in [0.2, 0.25) is 5.91 Å². The van der Waals surface area contributed by atoms with Gasteiger partial charge in [0, 0.05) is 26.2 Å². The number of hydrogen-bond donors (Lipinski definition) is 2. The Hall–Kier alpha value is -1.30. The third-order valence-electron chi connectivity index (χ3n) is 2.85. The van der Waals surface area contributed by atoms with Gasteiger partial charge in [0.15, 0.2) is 0 Å². The number of amides is 3. The standard InChI is InChI=1S/C10H20N4O2/c1-3-13(2)10(16)14(7-9(11)15)8-4-5-12-6-8/h8,12H,3-7H2,1-2H3,(H2,11,15). The van der Waals surface area contributed by atoms with Crippen molar-refractivity contribution in [3.63, 3.8) is 0 Å². The van der Waals surface area contributed by atoms with Gasteiger partial charge in [-0.15, -0.1) is 0 Å². The number of nitrogens with two attached hydrogens (primary N) is 1. The number of nitrogens with zero attached hydrogens (tertiary/aromatic N) is 2. The Labute approximate surface area is 95.8 Å². The highest BCUT2D eigenvalue weighted by Gasteiger charge is 2.29. The number of carbonyl (C=O) groups excluding carboxylic acids is 2. The Morgan fingerprint density at radius 2 is 2.19 bits per heavy atom. The average Bonchev–Trinajstić information content (AvgIpc) is 2.76. The van der Waals surface area contributed by atoms with Crippen molar-refractivity contribution in [1.29, 1.82) is 0 Å². The first-order chi connectivity index (χ1) is 7.56. The molecular weight excluding hydrogens is 208 g/mol. The summed E-state index contributed by atoms with van der Waals surface area (Å²) in [5.41, 5.74) is 5.17. The van der Waals surface area contributed by atoms with Gasteiger partial charge in [-0.2, -0.15) is 0 Å². The Kier molecular flexibility index (Phi) is 4.54. The normalized spacial score (nSPS) is 19.5. The van der Waals surface area contributed by atoms with Crippen molar-refractivity contribution in [2.24, 2.45) is 5.73 Å². The molecule has 3 amide bonds. The first-order valence-electron chi connectivity index (χ1n) is 5.57. The minimum atomic E-state index is -0.468. The number of hydrogen-bond acceptors (Lipinski definition) is 3. The molecule has 0 aliphatic carbocycles. The molecule has 1 saturated heterocycles. The van der Waals surface area contributed by atoms with Crippen LogP contribution in [0.3, 0.4) is 0 Å². The van der Waals surface area contributed by atoms with E-state index in [0.29, 0.717) is 6.54 Å². The Morgan fingerprint density at radius 3 is 2.62 bits per heavy atom. The molecule has 1 rings (SSSR count). The molecule has 1 aliphatic rings. The van der Waals surface area contributed by atoms with E-state index in [0.717, 1.165) is 19.5 Å². The van der Waals surface area contributed by atoms with E-state index in [1.165, 1.54) is 0 Å². The zero-order valence-corrected chi connectivity index (χ0v) is 9.90. The van der Waals surface area contributed by atoms with Gasteiger partial charge in [-0.1, -0.05) is 0 Å². The van der Waals surface area contributed by atoms with Gasteiger partial charge in [-0.25, -0.2) is 4.79 Å². The maximum Gasteiger partial charge on any atom is 0.320 e. The molecule has 0 bridgehead atoms. The maximum atomic E-state index is 12.0. The predicted octanol–water partition coefficient (Wildman–Crippen LogP) is -0.793. The van der Waals surface area contributed by atoms with Gasteiger partial charge in [-0.3, -0.25) is 4.79 Å². The lowest BCUT2D eigenvalue weighted by atomic mass is 10.2. The van der Waals surface area contributed by atoms with E-state index in [9.17, 15) is 9.59 Å². The minimum Gasteiger partial charge on any atom is -0.368 e. The van der Waals surface area contributed by atoms with Crippen LogP contribution in [0.25, 0.3) is 0 Å². The van der Waals surface area contributed by atoms with Crippen molar-refractivity contribution in [3.05, 3.63) is 0 Å². The highest BCUT2D eigenvalue weighted by molar-refractivity contribution is 5.83. The Bertz CT molecular complexity index is 264. The van der Waals surface area contributed by atoms with E-state index in [1.54, 1.807) is 16.8 Å². The van der Waals surface area contributed by atoms with Gasteiger partial charge in [0.1, 0.15) is 6.54 Å². The van der Waals surface area contributed by atoms with Gasteiger partial charge in [0.05, 0.1) is 0 Å². The van der Waals surface area contributed by atoms with Crippen molar-refractivity contribution in [3.8, 4) is 0 Å². The largest absolute Gasteiger partial charge is 0.368 e. The quantitative estimate of drug-likeness (QED) is 0.661. The van der Waals surface area contributed by atoms with Crippen molar-refractivity contribution in [1.82, 2.24) is 15.1 Å². The SMILES string of the molecule is CCN(C)C(=O)N(CC(N)=O)C1CCNC1. The van der Waals surface area contributed by atoms with E-state index in [2.05, 4.69) is 5.32 Å². The fraction of sp³-hybridized carbons (Fsp3) is 0.800. The first-order valence-corrected chi connectivity index (χ1v) is 5.57. The highest BCUT2D eigenvalue weighted by atomic mass is 16.2. The van der Waals surface area contributed by atoms with Crippen LogP contribution >= 0.6 is 0 Å². The zero-order chi connectivity index (χ0) is 12.1. The van der Waals surface area contributed by atoms with Crippen LogP contribution in [0.4, 0.5) is 4.79 Å². The monoisotopic (exact) mass is 228 g/mol. The van der Waals surface area contributed by atoms with Crippen molar-refractivity contribution < 1.29 is 9.59 Å². The minimum absolute atomic E-state index is 0.00444. The van der Waals surface area contributed by atoms with Crippen LogP contribution in [0.15, 0.2) is 0 Å². The van der Waals surface area contributed by atoms with Crippen LogP contribution in [0.1, 0.15) is 13.3 Å². The summed E-state index contributed by atoms with van der Waals surface area (Å²) < 4.78 is 0. The molecule has 0 aromatic rings. The molecule has 16 heavy (non-hydrogen) atoms. The van der Waals surface area contributed by atoms with Crippen LogP contribution in [0.2, 0.25) is 0 Å². The molecule has 0 saturated carbocycles. The number of urea groups is 1. The molecule has 6 nitrogen and oxygen atoms in total. The molecule has 6 heteroatoms. The summed E-state index contributed by atoms with van der Waals surface area (Å²) in [6.45, 7) is 4.12. The lowest BCUT2D eigenvalue weighted by molar-refractivity contribution is -0.119. The van der Waals surface area contributed by atoms with Crippen LogP contribution in [0.5, 0.6) is 0 Å². The van der Waals surface area contributed by atoms with Gasteiger partial charge in [-0.05, 0) is 19.9 Å². The van der Waals surface area contributed by atoms with Crippen molar-refractivity contribution >= 4 is 11.9 Å². The Morgan fingerprint density at radius 1 is 1.50 bits per heavy atom. The third-order valence-corrected chi connectivity index (χ3v) is 2.85. The molecule has 0 aromatic heterocycles. The number of rotatable bonds is 4. The molecule has 0 radical (unpaired) electrons. The molecule has 92 valence electrons. The molecule has 1 fully saturated rings. The van der Waals surface area contributed by atoms with E-state index in [4.69, 9.17) is 5.73 Å². The summed E-state index contributed by atoms with van der Waals surface area (Å²) in [6, 6.07) is -0.0519. The second-order valence-corrected chi connectivity index (χ2v) is 4.04. The summed E-state index contributed by atoms with van der Waals surface area (Å²) in [6.07, 6.45) is 0.872. The fourth-order valence-electron chi connectivity index (χ4n) is 1.78. The molecule has 1 heterocycles. The molecule has 3 N–H and O–H groups in total. The van der Waals surface area contributed by atoms with E-state index in [1.807, 2.05) is 6.92 Å². The predicted molar refractivity (Wildman–Crippen MR) is 60.9 cm³/mol. The first kappa shape index (κ1) is 12.8. The third kappa shape index (κ3) is 3.10. The summed E-state index contributed by atoms with van der Waals surface area (Å²) in [7, 11) is 1.72. The summed E-state index contributed by atoms with van der Waals surface area (Å²) >= 11 is 0. The molecule has 1 atom stereocenters. The maximum absolute atomic E-state index is 12.0. The van der Waals surface area contributed by atoms with E-state index >= 15 is 0 Å². The van der Waals surface area contributed by atoms with E-state index < -0.39 is 5.91 Å². The lowest BCUT2D eigenvalue weighted by Crippen LogP contribution is -2.50. The summed E-state index contributed by atoms with van der Waals surface area (Å²) in [4.78, 5) is 26.1. The second kappa shape index (κ2) is 5.69. The van der Waals surface area contributed by atoms with Crippen molar-refractivity contribution in [2.75, 3.05) is 33.2 Å². The second-order valence-electron chi connectivity index (χ2n) is 4.04. The smallest absolute Gasteiger partial charge is 0.320 e. The van der Waals surface area contributed by atoms with Crippen LogP contribution in [-0.2, 0) is 4.79 Å². The molecular formula is C10H20N4O2. The Balaban J connectivity index is 2.69. The lowest BCUT2D eigenvalue weighted by Gasteiger charge is -2.31. The van der Waals surface area contributed by atoms with Gasteiger partial charge < -0.3 is 20.9 Å². The topological polar surface area (TPSA) is 78.7 Å². The molecule has 1 unspecified atom stereocenters.